The van der Waals surface area contributed by atoms with Crippen LogP contribution in [-0.2, 0) is 9.59 Å². The molecule has 32 heavy (non-hydrogen) atoms. The summed E-state index contributed by atoms with van der Waals surface area (Å²) in [4.78, 5) is 52.1. The number of ketones is 1. The van der Waals surface area contributed by atoms with Crippen molar-refractivity contribution >= 4 is 34.9 Å². The van der Waals surface area contributed by atoms with Crippen LogP contribution in [0.15, 0.2) is 60.7 Å². The van der Waals surface area contributed by atoms with Gasteiger partial charge >= 0.3 is 0 Å². The number of nitrogens with zero attached hydrogens (tertiary/aromatic N) is 1. The number of hydrogen-bond donors (Lipinski definition) is 1. The summed E-state index contributed by atoms with van der Waals surface area (Å²) in [5.41, 5.74) is 1.94. The number of carbonyl (C=O) groups is 4. The summed E-state index contributed by atoms with van der Waals surface area (Å²) in [6.07, 6.45) is 5.42. The van der Waals surface area contributed by atoms with Gasteiger partial charge in [-0.1, -0.05) is 18.2 Å². The molecule has 0 unspecified atom stereocenters. The summed E-state index contributed by atoms with van der Waals surface area (Å²) >= 11 is 0. The van der Waals surface area contributed by atoms with Crippen LogP contribution in [0.5, 0.6) is 0 Å². The molecule has 2 aromatic rings. The molecule has 0 radical (unpaired) electrons. The Kier molecular flexibility index (Phi) is 4.03. The van der Waals surface area contributed by atoms with Crippen molar-refractivity contribution < 1.29 is 19.2 Å². The average molecular weight is 426 g/mol. The predicted molar refractivity (Wildman–Crippen MR) is 118 cm³/mol. The fourth-order valence-electron chi connectivity index (χ4n) is 5.99. The lowest BCUT2D eigenvalue weighted by Gasteiger charge is -2.37. The Morgan fingerprint density at radius 1 is 0.875 bits per heavy atom. The topological polar surface area (TPSA) is 83.6 Å². The first kappa shape index (κ1) is 19.2. The first-order valence-corrected chi connectivity index (χ1v) is 11.0. The van der Waals surface area contributed by atoms with Crippen molar-refractivity contribution in [3.63, 3.8) is 0 Å². The molecule has 1 aliphatic heterocycles. The highest BCUT2D eigenvalue weighted by atomic mass is 16.2. The normalized spacial score (nSPS) is 31.3. The van der Waals surface area contributed by atoms with E-state index in [1.165, 1.54) is 11.8 Å². The van der Waals surface area contributed by atoms with E-state index >= 15 is 0 Å². The van der Waals surface area contributed by atoms with Crippen LogP contribution in [0.2, 0.25) is 0 Å². The minimum absolute atomic E-state index is 0.0444. The number of rotatable bonds is 4. The van der Waals surface area contributed by atoms with Crippen LogP contribution in [-0.4, -0.2) is 23.5 Å². The summed E-state index contributed by atoms with van der Waals surface area (Å²) < 4.78 is 0. The first-order chi connectivity index (χ1) is 15.4. The lowest BCUT2D eigenvalue weighted by Crippen LogP contribution is -2.40. The molecule has 6 atom stereocenters. The maximum atomic E-state index is 13.3. The second-order valence-electron chi connectivity index (χ2n) is 9.30. The summed E-state index contributed by atoms with van der Waals surface area (Å²) in [7, 11) is 0. The van der Waals surface area contributed by atoms with Crippen LogP contribution in [0.4, 0.5) is 11.4 Å². The first-order valence-electron chi connectivity index (χ1n) is 11.0. The number of nitrogens with one attached hydrogen (secondary N) is 1. The van der Waals surface area contributed by atoms with Gasteiger partial charge in [-0.15, -0.1) is 0 Å². The largest absolute Gasteiger partial charge is 0.322 e. The zero-order chi connectivity index (χ0) is 22.1. The highest BCUT2D eigenvalue weighted by Gasteiger charge is 2.67. The summed E-state index contributed by atoms with van der Waals surface area (Å²) in [5.74, 6) is 0.242. The van der Waals surface area contributed by atoms with Gasteiger partial charge in [-0.3, -0.25) is 19.2 Å². The van der Waals surface area contributed by atoms with Gasteiger partial charge in [-0.2, -0.15) is 0 Å². The third-order valence-electron chi connectivity index (χ3n) is 7.58. The van der Waals surface area contributed by atoms with Crippen molar-refractivity contribution in [3.05, 3.63) is 71.8 Å². The van der Waals surface area contributed by atoms with Crippen LogP contribution < -0.4 is 10.2 Å². The summed E-state index contributed by atoms with van der Waals surface area (Å²) in [6, 6.07) is 13.3. The van der Waals surface area contributed by atoms with E-state index in [-0.39, 0.29) is 47.2 Å². The molecular weight excluding hydrogens is 404 g/mol. The highest BCUT2D eigenvalue weighted by Crippen LogP contribution is 2.65. The van der Waals surface area contributed by atoms with Crippen molar-refractivity contribution in [2.24, 2.45) is 35.5 Å². The molecule has 2 saturated carbocycles. The molecule has 1 saturated heterocycles. The maximum Gasteiger partial charge on any atom is 0.255 e. The third kappa shape index (κ3) is 2.72. The molecule has 160 valence electrons. The zero-order valence-electron chi connectivity index (χ0n) is 17.5. The molecule has 3 fully saturated rings. The van der Waals surface area contributed by atoms with Gasteiger partial charge in [-0.05, 0) is 79.5 Å². The average Bonchev–Trinajstić information content (AvgIpc) is 3.57. The number of anilines is 2. The summed E-state index contributed by atoms with van der Waals surface area (Å²) in [6.45, 7) is 1.49. The lowest BCUT2D eigenvalue weighted by atomic mass is 9.63. The highest BCUT2D eigenvalue weighted by molar-refractivity contribution is 6.23. The molecule has 1 heterocycles. The van der Waals surface area contributed by atoms with E-state index in [0.717, 1.165) is 6.42 Å². The van der Waals surface area contributed by atoms with E-state index in [9.17, 15) is 19.2 Å². The molecule has 5 aliphatic rings. The molecule has 2 aromatic carbocycles. The number of benzene rings is 2. The van der Waals surface area contributed by atoms with Crippen molar-refractivity contribution in [2.75, 3.05) is 10.2 Å². The Balaban J connectivity index is 1.25. The number of imide groups is 1. The number of carbonyl (C=O) groups excluding carboxylic acids is 4. The van der Waals surface area contributed by atoms with Gasteiger partial charge in [0.05, 0.1) is 17.5 Å². The standard InChI is InChI=1S/C26H22N2O4/c1-13(29)14-5-7-16(8-6-14)27-24(30)15-3-2-4-17(11-15)28-25(31)22-18-9-10-19(21-12-20(18)21)23(22)26(28)32/h2-11,18-23H,12H2,1H3,(H,27,30)/t18-,19+,20-,21-,22+,23-/m1/s1. The molecule has 0 aromatic heterocycles. The van der Waals surface area contributed by atoms with E-state index in [0.29, 0.717) is 34.3 Å². The molecule has 3 amide bonds. The molecular formula is C26H22N2O4. The Labute approximate surface area is 185 Å². The summed E-state index contributed by atoms with van der Waals surface area (Å²) in [5, 5.41) is 2.80. The molecule has 2 bridgehead atoms. The molecule has 4 aliphatic carbocycles. The fraction of sp³-hybridized carbons (Fsp3) is 0.308. The Morgan fingerprint density at radius 3 is 2.09 bits per heavy atom. The zero-order valence-corrected chi connectivity index (χ0v) is 17.5. The minimum Gasteiger partial charge on any atom is -0.322 e. The SMILES string of the molecule is CC(=O)c1ccc(NC(=O)c2cccc(N3C(=O)[C@@H]4[C@H]5C=C[C@H]([C@H]6C[C@H]56)[C@@H]4C3=O)c2)cc1. The van der Waals surface area contributed by atoms with Gasteiger partial charge in [0.1, 0.15) is 0 Å². The van der Waals surface area contributed by atoms with Crippen LogP contribution >= 0.6 is 0 Å². The van der Waals surface area contributed by atoms with Gasteiger partial charge in [0.2, 0.25) is 11.8 Å². The van der Waals surface area contributed by atoms with E-state index in [1.807, 2.05) is 0 Å². The second-order valence-corrected chi connectivity index (χ2v) is 9.30. The smallest absolute Gasteiger partial charge is 0.255 e. The van der Waals surface area contributed by atoms with Gasteiger partial charge in [0.15, 0.2) is 5.78 Å². The lowest BCUT2D eigenvalue weighted by molar-refractivity contribution is -0.124. The number of hydrogen-bond acceptors (Lipinski definition) is 4. The monoisotopic (exact) mass is 426 g/mol. The van der Waals surface area contributed by atoms with Gasteiger partial charge in [-0.25, -0.2) is 4.90 Å². The maximum absolute atomic E-state index is 13.3. The number of Topliss-reactive ketones (excluding diaryl/α,β-unsaturated/α-hetero) is 1. The molecule has 7 rings (SSSR count). The van der Waals surface area contributed by atoms with Crippen molar-refractivity contribution in [2.45, 2.75) is 13.3 Å². The van der Waals surface area contributed by atoms with E-state index in [4.69, 9.17) is 0 Å². The number of allylic oxidation sites excluding steroid dienone is 2. The molecule has 1 N–H and O–H groups in total. The Hall–Kier alpha value is -3.54. The Morgan fingerprint density at radius 2 is 1.50 bits per heavy atom. The van der Waals surface area contributed by atoms with Crippen LogP contribution in [0.3, 0.4) is 0 Å². The van der Waals surface area contributed by atoms with Crippen LogP contribution in [0.25, 0.3) is 0 Å². The molecule has 0 spiro atoms. The van der Waals surface area contributed by atoms with Crippen molar-refractivity contribution in [1.29, 1.82) is 0 Å². The fourth-order valence-corrected chi connectivity index (χ4v) is 5.99. The van der Waals surface area contributed by atoms with Crippen molar-refractivity contribution in [3.8, 4) is 0 Å². The molecule has 6 nitrogen and oxygen atoms in total. The second kappa shape index (κ2) is 6.73. The quantitative estimate of drug-likeness (QED) is 0.459. The number of amides is 3. The van der Waals surface area contributed by atoms with Gasteiger partial charge < -0.3 is 5.32 Å². The van der Waals surface area contributed by atoms with Gasteiger partial charge in [0, 0.05) is 16.8 Å². The van der Waals surface area contributed by atoms with Gasteiger partial charge in [0.25, 0.3) is 5.91 Å². The van der Waals surface area contributed by atoms with E-state index < -0.39 is 0 Å². The minimum atomic E-state index is -0.345. The van der Waals surface area contributed by atoms with Crippen LogP contribution in [0, 0.1) is 35.5 Å². The molecule has 6 heteroatoms. The predicted octanol–water partition coefficient (Wildman–Crippen LogP) is 3.70. The van der Waals surface area contributed by atoms with Crippen molar-refractivity contribution in [1.82, 2.24) is 0 Å². The van der Waals surface area contributed by atoms with E-state index in [2.05, 4.69) is 17.5 Å². The Bertz CT molecular complexity index is 1180. The van der Waals surface area contributed by atoms with Crippen LogP contribution in [0.1, 0.15) is 34.1 Å². The third-order valence-corrected chi connectivity index (χ3v) is 7.58. The van der Waals surface area contributed by atoms with E-state index in [1.54, 1.807) is 48.5 Å².